The molecule has 38 heavy (non-hydrogen) atoms. The maximum Gasteiger partial charge on any atom is 0.273 e. The molecule has 1 amide bonds. The van der Waals surface area contributed by atoms with Gasteiger partial charge in [0.2, 0.25) is 0 Å². The first-order valence-electron chi connectivity index (χ1n) is 12.6. The van der Waals surface area contributed by atoms with Crippen molar-refractivity contribution >= 4 is 16.9 Å². The number of nitrogens with one attached hydrogen (secondary N) is 3. The highest BCUT2D eigenvalue weighted by atomic mass is 16.5. The first-order valence-corrected chi connectivity index (χ1v) is 12.6. The quantitative estimate of drug-likeness (QED) is 0.228. The summed E-state index contributed by atoms with van der Waals surface area (Å²) in [7, 11) is 1.68. The summed E-state index contributed by atoms with van der Waals surface area (Å²) in [6, 6.07) is 18.0. The number of benzene rings is 2. The summed E-state index contributed by atoms with van der Waals surface area (Å²) >= 11 is 0. The van der Waals surface area contributed by atoms with Crippen molar-refractivity contribution in [3.63, 3.8) is 0 Å². The SMILES string of the molecule is COc1ccccc1-c1ccc2[nH]c(CCNCCc3nc(C(=O)NCc4ncccc4C)co3)nc2c1. The summed E-state index contributed by atoms with van der Waals surface area (Å²) < 4.78 is 11.0. The van der Waals surface area contributed by atoms with Crippen LogP contribution in [0.1, 0.15) is 33.5 Å². The van der Waals surface area contributed by atoms with Crippen LogP contribution in [-0.4, -0.2) is 46.0 Å². The molecule has 3 heterocycles. The van der Waals surface area contributed by atoms with E-state index in [2.05, 4.69) is 43.8 Å². The summed E-state index contributed by atoms with van der Waals surface area (Å²) in [6.45, 7) is 3.73. The molecule has 0 bridgehead atoms. The maximum atomic E-state index is 12.4. The molecule has 0 fully saturated rings. The molecule has 5 aromatic rings. The zero-order valence-electron chi connectivity index (χ0n) is 21.5. The molecule has 0 radical (unpaired) electrons. The fourth-order valence-electron chi connectivity index (χ4n) is 4.24. The molecule has 5 rings (SSSR count). The van der Waals surface area contributed by atoms with Crippen molar-refractivity contribution < 1.29 is 13.9 Å². The molecule has 3 N–H and O–H groups in total. The van der Waals surface area contributed by atoms with Crippen molar-refractivity contribution in [2.75, 3.05) is 20.2 Å². The molecule has 3 aromatic heterocycles. The molecule has 0 atom stereocenters. The van der Waals surface area contributed by atoms with Gasteiger partial charge >= 0.3 is 0 Å². The highest BCUT2D eigenvalue weighted by Crippen LogP contribution is 2.31. The number of carbonyl (C=O) groups excluding carboxylic acids is 1. The summed E-state index contributed by atoms with van der Waals surface area (Å²) in [5, 5.41) is 6.22. The van der Waals surface area contributed by atoms with Gasteiger partial charge in [0, 0.05) is 37.7 Å². The third-order valence-electron chi connectivity index (χ3n) is 6.32. The van der Waals surface area contributed by atoms with Gasteiger partial charge < -0.3 is 24.8 Å². The number of fused-ring (bicyclic) bond motifs is 1. The molecule has 0 aliphatic carbocycles. The fraction of sp³-hybridized carbons (Fsp3) is 0.241. The number of hydrogen-bond acceptors (Lipinski definition) is 7. The predicted octanol–water partition coefficient (Wildman–Crippen LogP) is 4.23. The lowest BCUT2D eigenvalue weighted by atomic mass is 10.0. The van der Waals surface area contributed by atoms with Crippen LogP contribution in [0, 0.1) is 6.92 Å². The van der Waals surface area contributed by atoms with Crippen LogP contribution in [0.5, 0.6) is 5.75 Å². The second-order valence-corrected chi connectivity index (χ2v) is 8.94. The van der Waals surface area contributed by atoms with E-state index in [0.29, 0.717) is 25.4 Å². The average Bonchev–Trinajstić information content (AvgIpc) is 3.59. The van der Waals surface area contributed by atoms with E-state index in [1.54, 1.807) is 13.3 Å². The Hall–Kier alpha value is -4.50. The highest BCUT2D eigenvalue weighted by molar-refractivity contribution is 5.91. The molecule has 0 spiro atoms. The van der Waals surface area contributed by atoms with Crippen molar-refractivity contribution in [3.8, 4) is 16.9 Å². The lowest BCUT2D eigenvalue weighted by Crippen LogP contribution is -2.24. The normalized spacial score (nSPS) is 11.1. The summed E-state index contributed by atoms with van der Waals surface area (Å²) in [5.41, 5.74) is 6.16. The number of rotatable bonds is 11. The Labute approximate surface area is 220 Å². The van der Waals surface area contributed by atoms with E-state index in [-0.39, 0.29) is 11.6 Å². The number of oxazole rings is 1. The molecule has 0 saturated carbocycles. The van der Waals surface area contributed by atoms with Crippen LogP contribution in [0.25, 0.3) is 22.2 Å². The number of carbonyl (C=O) groups is 1. The number of methoxy groups -OCH3 is 1. The fourth-order valence-corrected chi connectivity index (χ4v) is 4.24. The lowest BCUT2D eigenvalue weighted by Gasteiger charge is -2.07. The summed E-state index contributed by atoms with van der Waals surface area (Å²) in [4.78, 5) is 29.1. The van der Waals surface area contributed by atoms with Crippen LogP contribution in [0.2, 0.25) is 0 Å². The van der Waals surface area contributed by atoms with Gasteiger partial charge in [0.25, 0.3) is 5.91 Å². The van der Waals surface area contributed by atoms with E-state index in [1.807, 2.05) is 43.3 Å². The van der Waals surface area contributed by atoms with Crippen LogP contribution in [0.3, 0.4) is 0 Å². The van der Waals surface area contributed by atoms with Gasteiger partial charge in [0.05, 0.1) is 30.4 Å². The number of nitrogens with zero attached hydrogens (tertiary/aromatic N) is 3. The lowest BCUT2D eigenvalue weighted by molar-refractivity contribution is 0.0945. The summed E-state index contributed by atoms with van der Waals surface area (Å²) in [5.74, 6) is 1.99. The van der Waals surface area contributed by atoms with Gasteiger partial charge in [-0.3, -0.25) is 9.78 Å². The van der Waals surface area contributed by atoms with E-state index >= 15 is 0 Å². The molecular formula is C29H30N6O3. The molecule has 0 unspecified atom stereocenters. The zero-order chi connectivity index (χ0) is 26.3. The maximum absolute atomic E-state index is 12.4. The van der Waals surface area contributed by atoms with E-state index in [1.165, 1.54) is 6.26 Å². The van der Waals surface area contributed by atoms with Gasteiger partial charge in [-0.15, -0.1) is 0 Å². The number of aromatic nitrogens is 4. The monoisotopic (exact) mass is 510 g/mol. The highest BCUT2D eigenvalue weighted by Gasteiger charge is 2.13. The minimum absolute atomic E-state index is 0.267. The van der Waals surface area contributed by atoms with Gasteiger partial charge in [0.15, 0.2) is 11.6 Å². The summed E-state index contributed by atoms with van der Waals surface area (Å²) in [6.07, 6.45) is 4.44. The Bertz CT molecular complexity index is 1540. The molecule has 9 nitrogen and oxygen atoms in total. The number of aromatic amines is 1. The third-order valence-corrected chi connectivity index (χ3v) is 6.32. The zero-order valence-corrected chi connectivity index (χ0v) is 21.5. The number of aryl methyl sites for hydroxylation is 1. The largest absolute Gasteiger partial charge is 0.496 e. The number of H-pyrrole nitrogens is 1. The van der Waals surface area contributed by atoms with Crippen molar-refractivity contribution in [1.82, 2.24) is 30.6 Å². The van der Waals surface area contributed by atoms with Crippen molar-refractivity contribution in [2.24, 2.45) is 0 Å². The first-order chi connectivity index (χ1) is 18.6. The van der Waals surface area contributed by atoms with Crippen molar-refractivity contribution in [2.45, 2.75) is 26.3 Å². The molecule has 0 aliphatic rings. The predicted molar refractivity (Wildman–Crippen MR) is 145 cm³/mol. The minimum atomic E-state index is -0.281. The van der Waals surface area contributed by atoms with Crippen LogP contribution >= 0.6 is 0 Å². The van der Waals surface area contributed by atoms with E-state index in [9.17, 15) is 4.79 Å². The Morgan fingerprint density at radius 1 is 1.05 bits per heavy atom. The topological polar surface area (TPSA) is 118 Å². The molecule has 0 aliphatic heterocycles. The average molecular weight is 511 g/mol. The van der Waals surface area contributed by atoms with Crippen LogP contribution in [0.4, 0.5) is 0 Å². The van der Waals surface area contributed by atoms with Crippen LogP contribution in [-0.2, 0) is 19.4 Å². The van der Waals surface area contributed by atoms with Gasteiger partial charge in [-0.1, -0.05) is 30.3 Å². The second-order valence-electron chi connectivity index (χ2n) is 8.94. The van der Waals surface area contributed by atoms with Gasteiger partial charge in [-0.2, -0.15) is 0 Å². The third kappa shape index (κ3) is 5.90. The smallest absolute Gasteiger partial charge is 0.273 e. The number of hydrogen-bond donors (Lipinski definition) is 3. The Morgan fingerprint density at radius 2 is 1.92 bits per heavy atom. The molecule has 0 saturated heterocycles. The standard InChI is InChI=1S/C29H30N6O3/c1-19-6-5-13-31-24(19)17-32-29(36)25-18-38-28(35-25)12-15-30-14-11-27-33-22-10-9-20(16-23(22)34-27)21-7-3-4-8-26(21)37-2/h3-10,13,16,18,30H,11-12,14-15,17H2,1-2H3,(H,32,36)(H,33,34). The molecule has 194 valence electrons. The Kier molecular flexibility index (Phi) is 7.75. The van der Waals surface area contributed by atoms with Gasteiger partial charge in [-0.05, 0) is 42.3 Å². The van der Waals surface area contributed by atoms with Crippen molar-refractivity contribution in [1.29, 1.82) is 0 Å². The minimum Gasteiger partial charge on any atom is -0.496 e. The second kappa shape index (κ2) is 11.7. The molecular weight excluding hydrogens is 480 g/mol. The molecule has 9 heteroatoms. The first kappa shape index (κ1) is 25.2. The van der Waals surface area contributed by atoms with E-state index in [0.717, 1.165) is 58.0 Å². The van der Waals surface area contributed by atoms with E-state index < -0.39 is 0 Å². The van der Waals surface area contributed by atoms with Gasteiger partial charge in [0.1, 0.15) is 17.8 Å². The van der Waals surface area contributed by atoms with Gasteiger partial charge in [-0.25, -0.2) is 9.97 Å². The Balaban J connectivity index is 1.08. The number of pyridine rings is 1. The number of imidazole rings is 1. The van der Waals surface area contributed by atoms with Crippen molar-refractivity contribution in [3.05, 3.63) is 95.7 Å². The molecule has 2 aromatic carbocycles. The number of para-hydroxylation sites is 1. The number of ether oxygens (including phenoxy) is 1. The van der Waals surface area contributed by atoms with Crippen LogP contribution < -0.4 is 15.4 Å². The number of amides is 1. The Morgan fingerprint density at radius 3 is 2.79 bits per heavy atom. The van der Waals surface area contributed by atoms with Crippen LogP contribution in [0.15, 0.2) is 71.5 Å². The van der Waals surface area contributed by atoms with E-state index in [4.69, 9.17) is 14.1 Å².